The van der Waals surface area contributed by atoms with Gasteiger partial charge >= 0.3 is 0 Å². The van der Waals surface area contributed by atoms with Crippen LogP contribution in [-0.2, 0) is 11.2 Å². The third-order valence-corrected chi connectivity index (χ3v) is 4.96. The van der Waals surface area contributed by atoms with Crippen molar-refractivity contribution in [2.24, 2.45) is 0 Å². The Labute approximate surface area is 155 Å². The fraction of sp³-hybridized carbons (Fsp3) is 0.278. The Bertz CT molecular complexity index is 832. The van der Waals surface area contributed by atoms with Gasteiger partial charge in [-0.2, -0.15) is 4.98 Å². The Hall–Kier alpha value is -2.18. The lowest BCUT2D eigenvalue weighted by atomic mass is 10.1. The van der Waals surface area contributed by atoms with Gasteiger partial charge in [-0.3, -0.25) is 4.79 Å². The van der Waals surface area contributed by atoms with Crippen molar-refractivity contribution in [2.75, 3.05) is 0 Å². The molecule has 7 heteroatoms. The molecule has 0 aliphatic rings. The number of rotatable bonds is 7. The molecule has 25 heavy (non-hydrogen) atoms. The van der Waals surface area contributed by atoms with Crippen LogP contribution >= 0.6 is 22.9 Å². The largest absolute Gasteiger partial charge is 0.350 e. The highest BCUT2D eigenvalue weighted by Gasteiger charge is 2.13. The predicted molar refractivity (Wildman–Crippen MR) is 98.6 cm³/mol. The molecule has 1 amide bonds. The van der Waals surface area contributed by atoms with Crippen molar-refractivity contribution in [3.63, 3.8) is 0 Å². The SMILES string of the molecule is CC(NC(=O)CCCc1nc(-c2cccs2)no1)c1ccccc1Cl. The molecular weight excluding hydrogens is 358 g/mol. The second-order valence-electron chi connectivity index (χ2n) is 5.65. The zero-order chi connectivity index (χ0) is 17.6. The van der Waals surface area contributed by atoms with E-state index in [-0.39, 0.29) is 11.9 Å². The zero-order valence-corrected chi connectivity index (χ0v) is 15.3. The van der Waals surface area contributed by atoms with Crippen molar-refractivity contribution < 1.29 is 9.32 Å². The fourth-order valence-corrected chi connectivity index (χ4v) is 3.43. The smallest absolute Gasteiger partial charge is 0.226 e. The number of hydrogen-bond acceptors (Lipinski definition) is 5. The first-order chi connectivity index (χ1) is 12.1. The molecule has 1 aromatic carbocycles. The highest BCUT2D eigenvalue weighted by atomic mass is 35.5. The van der Waals surface area contributed by atoms with Gasteiger partial charge in [0, 0.05) is 17.9 Å². The normalized spacial score (nSPS) is 12.1. The van der Waals surface area contributed by atoms with Crippen LogP contribution in [0.4, 0.5) is 0 Å². The molecule has 0 radical (unpaired) electrons. The standard InChI is InChI=1S/C18H18ClN3O2S/c1-12(13-6-2-3-7-14(13)19)20-16(23)9-4-10-17-21-18(22-24-17)15-8-5-11-25-15/h2-3,5-8,11-12H,4,9-10H2,1H3,(H,20,23). The second-order valence-corrected chi connectivity index (χ2v) is 7.01. The van der Waals surface area contributed by atoms with Crippen LogP contribution in [0.25, 0.3) is 10.7 Å². The lowest BCUT2D eigenvalue weighted by Gasteiger charge is -2.15. The summed E-state index contributed by atoms with van der Waals surface area (Å²) in [5.41, 5.74) is 0.912. The number of benzene rings is 1. The van der Waals surface area contributed by atoms with Crippen molar-refractivity contribution >= 4 is 28.8 Å². The number of amides is 1. The quantitative estimate of drug-likeness (QED) is 0.652. The Morgan fingerprint density at radius 1 is 1.32 bits per heavy atom. The first kappa shape index (κ1) is 17.6. The van der Waals surface area contributed by atoms with E-state index in [1.807, 2.05) is 48.7 Å². The first-order valence-electron chi connectivity index (χ1n) is 8.03. The molecule has 1 atom stereocenters. The van der Waals surface area contributed by atoms with Gasteiger partial charge in [0.15, 0.2) is 0 Å². The lowest BCUT2D eigenvalue weighted by molar-refractivity contribution is -0.121. The van der Waals surface area contributed by atoms with Gasteiger partial charge in [-0.25, -0.2) is 0 Å². The van der Waals surface area contributed by atoms with E-state index in [0.29, 0.717) is 36.0 Å². The van der Waals surface area contributed by atoms with Crippen LogP contribution in [0.3, 0.4) is 0 Å². The average Bonchev–Trinajstić information content (AvgIpc) is 3.26. The van der Waals surface area contributed by atoms with E-state index >= 15 is 0 Å². The number of aryl methyl sites for hydroxylation is 1. The summed E-state index contributed by atoms with van der Waals surface area (Å²) in [6, 6.07) is 11.3. The van der Waals surface area contributed by atoms with Crippen molar-refractivity contribution in [3.05, 3.63) is 58.3 Å². The van der Waals surface area contributed by atoms with E-state index in [1.165, 1.54) is 0 Å². The van der Waals surface area contributed by atoms with E-state index in [2.05, 4.69) is 15.5 Å². The Balaban J connectivity index is 1.46. The van der Waals surface area contributed by atoms with Gasteiger partial charge in [0.2, 0.25) is 17.6 Å². The van der Waals surface area contributed by atoms with Crippen molar-refractivity contribution in [3.8, 4) is 10.7 Å². The molecule has 1 unspecified atom stereocenters. The molecule has 130 valence electrons. The van der Waals surface area contributed by atoms with E-state index in [9.17, 15) is 4.79 Å². The number of aromatic nitrogens is 2. The topological polar surface area (TPSA) is 68.0 Å². The lowest BCUT2D eigenvalue weighted by Crippen LogP contribution is -2.26. The molecule has 0 saturated carbocycles. The summed E-state index contributed by atoms with van der Waals surface area (Å²) in [6.45, 7) is 1.92. The minimum absolute atomic E-state index is 0.0228. The van der Waals surface area contributed by atoms with E-state index in [0.717, 1.165) is 10.4 Å². The Morgan fingerprint density at radius 2 is 2.16 bits per heavy atom. The van der Waals surface area contributed by atoms with E-state index in [1.54, 1.807) is 11.3 Å². The zero-order valence-electron chi connectivity index (χ0n) is 13.7. The second kappa shape index (κ2) is 8.27. The first-order valence-corrected chi connectivity index (χ1v) is 9.29. The monoisotopic (exact) mass is 375 g/mol. The molecule has 2 aromatic heterocycles. The number of hydrogen-bond donors (Lipinski definition) is 1. The molecule has 3 rings (SSSR count). The third kappa shape index (κ3) is 4.67. The van der Waals surface area contributed by atoms with Gasteiger partial charge in [-0.1, -0.05) is 41.0 Å². The maximum atomic E-state index is 12.1. The van der Waals surface area contributed by atoms with E-state index < -0.39 is 0 Å². The summed E-state index contributed by atoms with van der Waals surface area (Å²) in [5, 5.41) is 9.55. The molecular formula is C18H18ClN3O2S. The van der Waals surface area contributed by atoms with Crippen LogP contribution in [-0.4, -0.2) is 16.0 Å². The number of carbonyl (C=O) groups is 1. The number of nitrogens with one attached hydrogen (secondary N) is 1. The molecule has 0 bridgehead atoms. The van der Waals surface area contributed by atoms with Crippen molar-refractivity contribution in [2.45, 2.75) is 32.2 Å². The molecule has 0 aliphatic carbocycles. The summed E-state index contributed by atoms with van der Waals surface area (Å²) >= 11 is 7.72. The van der Waals surface area contributed by atoms with Gasteiger partial charge in [-0.15, -0.1) is 11.3 Å². The molecule has 2 heterocycles. The summed E-state index contributed by atoms with van der Waals surface area (Å²) in [5.74, 6) is 1.13. The highest BCUT2D eigenvalue weighted by Crippen LogP contribution is 2.23. The molecule has 0 aliphatic heterocycles. The summed E-state index contributed by atoms with van der Waals surface area (Å²) in [6.07, 6.45) is 1.62. The molecule has 3 aromatic rings. The van der Waals surface area contributed by atoms with Crippen molar-refractivity contribution in [1.29, 1.82) is 0 Å². The Morgan fingerprint density at radius 3 is 2.92 bits per heavy atom. The van der Waals surface area contributed by atoms with Crippen LogP contribution in [0, 0.1) is 0 Å². The van der Waals surface area contributed by atoms with Crippen LogP contribution in [0.1, 0.15) is 37.3 Å². The highest BCUT2D eigenvalue weighted by molar-refractivity contribution is 7.13. The summed E-state index contributed by atoms with van der Waals surface area (Å²) < 4.78 is 5.23. The summed E-state index contributed by atoms with van der Waals surface area (Å²) in [4.78, 5) is 17.4. The third-order valence-electron chi connectivity index (χ3n) is 3.75. The van der Waals surface area contributed by atoms with Crippen LogP contribution in [0.15, 0.2) is 46.3 Å². The number of nitrogens with zero attached hydrogens (tertiary/aromatic N) is 2. The molecule has 0 saturated heterocycles. The van der Waals surface area contributed by atoms with Gasteiger partial charge in [0.1, 0.15) is 0 Å². The molecule has 0 fully saturated rings. The van der Waals surface area contributed by atoms with Crippen molar-refractivity contribution in [1.82, 2.24) is 15.5 Å². The van der Waals surface area contributed by atoms with Crippen LogP contribution in [0.5, 0.6) is 0 Å². The van der Waals surface area contributed by atoms with Gasteiger partial charge in [0.05, 0.1) is 10.9 Å². The average molecular weight is 376 g/mol. The fourth-order valence-electron chi connectivity index (χ4n) is 2.48. The maximum absolute atomic E-state index is 12.1. The molecule has 0 spiro atoms. The van der Waals surface area contributed by atoms with E-state index in [4.69, 9.17) is 16.1 Å². The Kier molecular flexibility index (Phi) is 5.83. The minimum Gasteiger partial charge on any atom is -0.350 e. The summed E-state index contributed by atoms with van der Waals surface area (Å²) in [7, 11) is 0. The predicted octanol–water partition coefficient (Wildman–Crippen LogP) is 4.65. The number of carbonyl (C=O) groups excluding carboxylic acids is 1. The van der Waals surface area contributed by atoms with Gasteiger partial charge in [-0.05, 0) is 36.4 Å². The van der Waals surface area contributed by atoms with Gasteiger partial charge in [0.25, 0.3) is 0 Å². The maximum Gasteiger partial charge on any atom is 0.226 e. The minimum atomic E-state index is -0.130. The number of thiophene rings is 1. The van der Waals surface area contributed by atoms with Crippen LogP contribution < -0.4 is 5.32 Å². The molecule has 1 N–H and O–H groups in total. The number of halogens is 1. The van der Waals surface area contributed by atoms with Gasteiger partial charge < -0.3 is 9.84 Å². The van der Waals surface area contributed by atoms with Crippen LogP contribution in [0.2, 0.25) is 5.02 Å². The molecule has 5 nitrogen and oxygen atoms in total.